The van der Waals surface area contributed by atoms with Gasteiger partial charge in [-0.05, 0) is 18.6 Å². The molecule has 0 saturated heterocycles. The highest BCUT2D eigenvalue weighted by Crippen LogP contribution is 2.20. The molecule has 4 N–H and O–H groups in total. The van der Waals surface area contributed by atoms with Crippen LogP contribution in [0.1, 0.15) is 5.56 Å². The molecule has 0 aliphatic rings. The van der Waals surface area contributed by atoms with Gasteiger partial charge in [-0.2, -0.15) is 0 Å². The van der Waals surface area contributed by atoms with Crippen LogP contribution in [0.2, 0.25) is 0 Å². The van der Waals surface area contributed by atoms with E-state index >= 15 is 0 Å². The van der Waals surface area contributed by atoms with E-state index in [1.807, 2.05) is 25.1 Å². The summed E-state index contributed by atoms with van der Waals surface area (Å²) in [7, 11) is 0. The van der Waals surface area contributed by atoms with Crippen molar-refractivity contribution in [3.05, 3.63) is 23.8 Å². The molecule has 0 fully saturated rings. The summed E-state index contributed by atoms with van der Waals surface area (Å²) in [6, 6.07) is 5.83. The first-order valence-corrected chi connectivity index (χ1v) is 5.23. The summed E-state index contributed by atoms with van der Waals surface area (Å²) in [6.07, 6.45) is -0.788. The standard InChI is InChI=1S/C11H14N4O2/c1-7-3-2-4-8-9(7)14-10(12)15(8)5-6-17-11(13)16/h2-4H,5-6H2,1H3,(H2,12,14)(H2,13,16). The monoisotopic (exact) mass is 234 g/mol. The van der Waals surface area contributed by atoms with Gasteiger partial charge in [-0.3, -0.25) is 0 Å². The van der Waals surface area contributed by atoms with Crippen molar-refractivity contribution in [3.63, 3.8) is 0 Å². The Labute approximate surface area is 98.2 Å². The van der Waals surface area contributed by atoms with Crippen molar-refractivity contribution in [2.24, 2.45) is 5.73 Å². The highest BCUT2D eigenvalue weighted by atomic mass is 16.5. The third-order valence-electron chi connectivity index (χ3n) is 2.57. The van der Waals surface area contributed by atoms with Crippen molar-refractivity contribution in [1.82, 2.24) is 9.55 Å². The smallest absolute Gasteiger partial charge is 0.404 e. The van der Waals surface area contributed by atoms with Crippen LogP contribution in [0.25, 0.3) is 11.0 Å². The molecule has 1 aromatic carbocycles. The molecule has 0 saturated carbocycles. The van der Waals surface area contributed by atoms with Gasteiger partial charge in [-0.15, -0.1) is 0 Å². The number of para-hydroxylation sites is 1. The van der Waals surface area contributed by atoms with Gasteiger partial charge in [0.15, 0.2) is 0 Å². The lowest BCUT2D eigenvalue weighted by molar-refractivity contribution is 0.153. The number of aromatic nitrogens is 2. The van der Waals surface area contributed by atoms with E-state index < -0.39 is 6.09 Å². The van der Waals surface area contributed by atoms with Gasteiger partial charge in [0.2, 0.25) is 5.95 Å². The zero-order valence-electron chi connectivity index (χ0n) is 9.51. The zero-order valence-corrected chi connectivity index (χ0v) is 9.51. The number of amides is 1. The predicted octanol–water partition coefficient (Wildman–Crippen LogP) is 1.02. The van der Waals surface area contributed by atoms with E-state index in [9.17, 15) is 4.79 Å². The topological polar surface area (TPSA) is 96.2 Å². The van der Waals surface area contributed by atoms with Gasteiger partial charge in [0, 0.05) is 0 Å². The summed E-state index contributed by atoms with van der Waals surface area (Å²) in [5.41, 5.74) is 13.6. The number of imidazole rings is 1. The lowest BCUT2D eigenvalue weighted by atomic mass is 10.2. The van der Waals surface area contributed by atoms with Crippen LogP contribution in [0.15, 0.2) is 18.2 Å². The summed E-state index contributed by atoms with van der Waals surface area (Å²) >= 11 is 0. The molecule has 0 aliphatic carbocycles. The van der Waals surface area contributed by atoms with Crippen LogP contribution < -0.4 is 11.5 Å². The lowest BCUT2D eigenvalue weighted by Gasteiger charge is -2.06. The quantitative estimate of drug-likeness (QED) is 0.828. The number of aryl methyl sites for hydroxylation is 1. The van der Waals surface area contributed by atoms with Crippen LogP contribution in [-0.2, 0) is 11.3 Å². The summed E-state index contributed by atoms with van der Waals surface area (Å²) in [5.74, 6) is 0.405. The molecular formula is C11H14N4O2. The van der Waals surface area contributed by atoms with E-state index in [1.54, 1.807) is 4.57 Å². The summed E-state index contributed by atoms with van der Waals surface area (Å²) in [6.45, 7) is 2.59. The number of hydrogen-bond donors (Lipinski definition) is 2. The molecule has 1 amide bonds. The Kier molecular flexibility index (Phi) is 2.86. The first kappa shape index (κ1) is 11.3. The number of nitrogen functional groups attached to an aromatic ring is 1. The Hall–Kier alpha value is -2.24. The Bertz CT molecular complexity index is 562. The second-order valence-corrected chi connectivity index (χ2v) is 3.73. The van der Waals surface area contributed by atoms with E-state index in [2.05, 4.69) is 9.72 Å². The molecule has 0 spiro atoms. The highest BCUT2D eigenvalue weighted by Gasteiger charge is 2.09. The maximum atomic E-state index is 10.5. The fraction of sp³-hybridized carbons (Fsp3) is 0.273. The van der Waals surface area contributed by atoms with E-state index in [1.165, 1.54) is 0 Å². The van der Waals surface area contributed by atoms with Crippen molar-refractivity contribution in [1.29, 1.82) is 0 Å². The Morgan fingerprint density at radius 1 is 1.53 bits per heavy atom. The van der Waals surface area contributed by atoms with Crippen LogP contribution in [0.3, 0.4) is 0 Å². The Balaban J connectivity index is 2.30. The number of benzene rings is 1. The Morgan fingerprint density at radius 3 is 3.00 bits per heavy atom. The van der Waals surface area contributed by atoms with E-state index in [-0.39, 0.29) is 6.61 Å². The minimum absolute atomic E-state index is 0.179. The van der Waals surface area contributed by atoms with Gasteiger partial charge in [-0.1, -0.05) is 12.1 Å². The molecule has 2 aromatic rings. The molecule has 2 rings (SSSR count). The first-order valence-electron chi connectivity index (χ1n) is 5.23. The lowest BCUT2D eigenvalue weighted by Crippen LogP contribution is -2.17. The number of rotatable bonds is 3. The first-order chi connectivity index (χ1) is 8.09. The van der Waals surface area contributed by atoms with Crippen molar-refractivity contribution < 1.29 is 9.53 Å². The second kappa shape index (κ2) is 4.32. The number of carbonyl (C=O) groups excluding carboxylic acids is 1. The number of nitrogens with zero attached hydrogens (tertiary/aromatic N) is 2. The van der Waals surface area contributed by atoms with E-state index in [4.69, 9.17) is 11.5 Å². The third kappa shape index (κ3) is 2.15. The van der Waals surface area contributed by atoms with Crippen molar-refractivity contribution in [2.75, 3.05) is 12.3 Å². The second-order valence-electron chi connectivity index (χ2n) is 3.73. The summed E-state index contributed by atoms with van der Waals surface area (Å²) in [5, 5.41) is 0. The molecule has 0 bridgehead atoms. The number of fused-ring (bicyclic) bond motifs is 1. The normalized spacial score (nSPS) is 10.6. The van der Waals surface area contributed by atoms with Gasteiger partial charge in [0.05, 0.1) is 17.6 Å². The molecule has 17 heavy (non-hydrogen) atoms. The van der Waals surface area contributed by atoms with Gasteiger partial charge in [-0.25, -0.2) is 9.78 Å². The minimum atomic E-state index is -0.788. The number of primary amides is 1. The minimum Gasteiger partial charge on any atom is -0.448 e. The maximum Gasteiger partial charge on any atom is 0.404 e. The number of hydrogen-bond acceptors (Lipinski definition) is 4. The number of nitrogens with two attached hydrogens (primary N) is 2. The number of anilines is 1. The molecule has 6 nitrogen and oxygen atoms in total. The fourth-order valence-corrected chi connectivity index (χ4v) is 1.78. The molecule has 90 valence electrons. The van der Waals surface area contributed by atoms with E-state index in [0.29, 0.717) is 12.5 Å². The summed E-state index contributed by atoms with van der Waals surface area (Å²) in [4.78, 5) is 14.8. The SMILES string of the molecule is Cc1cccc2c1nc(N)n2CCOC(N)=O. The van der Waals surface area contributed by atoms with Gasteiger partial charge >= 0.3 is 6.09 Å². The van der Waals surface area contributed by atoms with Crippen molar-refractivity contribution in [3.8, 4) is 0 Å². The number of carbonyl (C=O) groups is 1. The molecule has 1 heterocycles. The van der Waals surface area contributed by atoms with Crippen LogP contribution in [-0.4, -0.2) is 22.3 Å². The van der Waals surface area contributed by atoms with Crippen molar-refractivity contribution >= 4 is 23.1 Å². The molecule has 0 atom stereocenters. The Morgan fingerprint density at radius 2 is 2.29 bits per heavy atom. The van der Waals surface area contributed by atoms with Crippen LogP contribution in [0.5, 0.6) is 0 Å². The highest BCUT2D eigenvalue weighted by molar-refractivity contribution is 5.81. The number of ether oxygens (including phenoxy) is 1. The van der Waals surface area contributed by atoms with Crippen LogP contribution in [0.4, 0.5) is 10.7 Å². The van der Waals surface area contributed by atoms with Gasteiger partial charge in [0.25, 0.3) is 0 Å². The van der Waals surface area contributed by atoms with Gasteiger partial charge in [0.1, 0.15) is 6.61 Å². The van der Waals surface area contributed by atoms with Crippen LogP contribution in [0, 0.1) is 6.92 Å². The average Bonchev–Trinajstić information content (AvgIpc) is 2.57. The maximum absolute atomic E-state index is 10.5. The molecule has 6 heteroatoms. The molecular weight excluding hydrogens is 220 g/mol. The van der Waals surface area contributed by atoms with Gasteiger partial charge < -0.3 is 20.8 Å². The largest absolute Gasteiger partial charge is 0.448 e. The average molecular weight is 234 g/mol. The summed E-state index contributed by atoms with van der Waals surface area (Å²) < 4.78 is 6.48. The van der Waals surface area contributed by atoms with Crippen LogP contribution >= 0.6 is 0 Å². The predicted molar refractivity (Wildman–Crippen MR) is 64.4 cm³/mol. The molecule has 0 radical (unpaired) electrons. The zero-order chi connectivity index (χ0) is 12.4. The molecule has 0 unspecified atom stereocenters. The van der Waals surface area contributed by atoms with Crippen molar-refractivity contribution in [2.45, 2.75) is 13.5 Å². The molecule has 1 aromatic heterocycles. The van der Waals surface area contributed by atoms with E-state index in [0.717, 1.165) is 16.6 Å². The molecule has 0 aliphatic heterocycles. The fourth-order valence-electron chi connectivity index (χ4n) is 1.78. The third-order valence-corrected chi connectivity index (χ3v) is 2.57.